The summed E-state index contributed by atoms with van der Waals surface area (Å²) in [4.78, 5) is 17.7. The second-order valence-corrected chi connectivity index (χ2v) is 4.63. The molecule has 1 fully saturated rings. The minimum Gasteiger partial charge on any atom is -0.326 e. The summed E-state index contributed by atoms with van der Waals surface area (Å²) in [6, 6.07) is 3.52. The Bertz CT molecular complexity index is 328. The highest BCUT2D eigenvalue weighted by molar-refractivity contribution is 8.00. The fourth-order valence-electron chi connectivity index (χ4n) is 1.52. The lowest BCUT2D eigenvalue weighted by atomic mass is 10.2. The van der Waals surface area contributed by atoms with E-state index in [0.717, 1.165) is 17.9 Å². The summed E-state index contributed by atoms with van der Waals surface area (Å²) < 4.78 is 0. The molecule has 0 aliphatic carbocycles. The van der Waals surface area contributed by atoms with Gasteiger partial charge < -0.3 is 4.90 Å². The Hall–Kier alpha value is -1.03. The molecule has 0 N–H and O–H groups in total. The van der Waals surface area contributed by atoms with Crippen LogP contribution in [0, 0.1) is 0 Å². The van der Waals surface area contributed by atoms with Crippen molar-refractivity contribution in [2.75, 3.05) is 12.3 Å². The number of thioether (sulfide) groups is 1. The number of hydrogen-bond donors (Lipinski definition) is 0. The Labute approximate surface area is 87.5 Å². The highest BCUT2D eigenvalue weighted by atomic mass is 32.2. The molecule has 14 heavy (non-hydrogen) atoms. The molecule has 0 aromatic carbocycles. The number of nitrogens with zero attached hydrogens (tertiary/aromatic N) is 2. The fourth-order valence-corrected chi connectivity index (χ4v) is 2.54. The summed E-state index contributed by atoms with van der Waals surface area (Å²) in [6.07, 6.45) is 3.31. The number of hydrogen-bond acceptors (Lipinski definition) is 3. The van der Waals surface area contributed by atoms with Crippen LogP contribution in [0.3, 0.4) is 0 Å². The molecule has 4 heteroatoms. The van der Waals surface area contributed by atoms with Gasteiger partial charge in [0.05, 0.1) is 5.37 Å². The van der Waals surface area contributed by atoms with Gasteiger partial charge in [0.25, 0.3) is 5.91 Å². The van der Waals surface area contributed by atoms with E-state index in [1.54, 1.807) is 24.5 Å². The number of carbonyl (C=O) groups excluding carboxylic acids is 1. The molecule has 1 atom stereocenters. The Balaban J connectivity index is 2.16. The van der Waals surface area contributed by atoms with E-state index in [1.165, 1.54) is 0 Å². The van der Waals surface area contributed by atoms with Gasteiger partial charge in [-0.3, -0.25) is 9.78 Å². The van der Waals surface area contributed by atoms with Crippen LogP contribution in [0.15, 0.2) is 24.5 Å². The van der Waals surface area contributed by atoms with Crippen molar-refractivity contribution in [3.63, 3.8) is 0 Å². The normalized spacial score (nSPS) is 21.2. The highest BCUT2D eigenvalue weighted by Crippen LogP contribution is 2.24. The standard InChI is InChI=1S/C10H12N2OS/c1-8-12(6-7-14-8)10(13)9-2-4-11-5-3-9/h2-5,8H,6-7H2,1H3. The van der Waals surface area contributed by atoms with Gasteiger partial charge in [-0.15, -0.1) is 11.8 Å². The summed E-state index contributed by atoms with van der Waals surface area (Å²) in [5.41, 5.74) is 0.731. The van der Waals surface area contributed by atoms with Crippen molar-refractivity contribution in [3.05, 3.63) is 30.1 Å². The van der Waals surface area contributed by atoms with Crippen LogP contribution in [0.2, 0.25) is 0 Å². The SMILES string of the molecule is CC1SCCN1C(=O)c1ccncc1. The average molecular weight is 208 g/mol. The number of carbonyl (C=O) groups is 1. The van der Waals surface area contributed by atoms with E-state index in [9.17, 15) is 4.79 Å². The molecule has 0 radical (unpaired) electrons. The monoisotopic (exact) mass is 208 g/mol. The predicted molar refractivity (Wildman–Crippen MR) is 57.2 cm³/mol. The van der Waals surface area contributed by atoms with Crippen molar-refractivity contribution in [3.8, 4) is 0 Å². The lowest BCUT2D eigenvalue weighted by Gasteiger charge is -2.20. The van der Waals surface area contributed by atoms with Crippen LogP contribution >= 0.6 is 11.8 Å². The van der Waals surface area contributed by atoms with Crippen molar-refractivity contribution in [2.45, 2.75) is 12.3 Å². The summed E-state index contributed by atoms with van der Waals surface area (Å²) in [5, 5.41) is 0.302. The van der Waals surface area contributed by atoms with E-state index >= 15 is 0 Å². The van der Waals surface area contributed by atoms with Crippen LogP contribution in [0.5, 0.6) is 0 Å². The van der Waals surface area contributed by atoms with Crippen molar-refractivity contribution < 1.29 is 4.79 Å². The van der Waals surface area contributed by atoms with E-state index in [0.29, 0.717) is 5.37 Å². The van der Waals surface area contributed by atoms with Gasteiger partial charge in [0, 0.05) is 30.3 Å². The fraction of sp³-hybridized carbons (Fsp3) is 0.400. The quantitative estimate of drug-likeness (QED) is 0.703. The maximum Gasteiger partial charge on any atom is 0.254 e. The van der Waals surface area contributed by atoms with E-state index in [2.05, 4.69) is 11.9 Å². The summed E-state index contributed by atoms with van der Waals surface area (Å²) in [5.74, 6) is 1.16. The third-order valence-corrected chi connectivity index (χ3v) is 3.47. The molecule has 1 saturated heterocycles. The van der Waals surface area contributed by atoms with Crippen LogP contribution in [0.25, 0.3) is 0 Å². The van der Waals surface area contributed by atoms with E-state index in [-0.39, 0.29) is 5.91 Å². The smallest absolute Gasteiger partial charge is 0.254 e. The molecule has 0 bridgehead atoms. The molecular weight excluding hydrogens is 196 g/mol. The van der Waals surface area contributed by atoms with Gasteiger partial charge in [-0.05, 0) is 19.1 Å². The molecule has 1 aliphatic rings. The van der Waals surface area contributed by atoms with Gasteiger partial charge in [-0.2, -0.15) is 0 Å². The zero-order valence-electron chi connectivity index (χ0n) is 8.01. The first kappa shape index (κ1) is 9.52. The first-order valence-corrected chi connectivity index (χ1v) is 5.66. The molecule has 1 aliphatic heterocycles. The molecule has 3 nitrogen and oxygen atoms in total. The van der Waals surface area contributed by atoms with Crippen LogP contribution < -0.4 is 0 Å². The van der Waals surface area contributed by atoms with Crippen LogP contribution in [-0.2, 0) is 0 Å². The number of aromatic nitrogens is 1. The van der Waals surface area contributed by atoms with Crippen molar-refractivity contribution in [1.82, 2.24) is 9.88 Å². The first-order valence-electron chi connectivity index (χ1n) is 4.61. The molecule has 1 unspecified atom stereocenters. The number of amides is 1. The van der Waals surface area contributed by atoms with Crippen LogP contribution in [-0.4, -0.2) is 33.5 Å². The van der Waals surface area contributed by atoms with Crippen LogP contribution in [0.1, 0.15) is 17.3 Å². The molecule has 1 amide bonds. The van der Waals surface area contributed by atoms with Gasteiger partial charge in [0.1, 0.15) is 0 Å². The van der Waals surface area contributed by atoms with Gasteiger partial charge in [0.2, 0.25) is 0 Å². The zero-order chi connectivity index (χ0) is 9.97. The Morgan fingerprint density at radius 2 is 2.29 bits per heavy atom. The van der Waals surface area contributed by atoms with E-state index in [1.807, 2.05) is 16.7 Å². The Kier molecular flexibility index (Phi) is 2.72. The van der Waals surface area contributed by atoms with Crippen molar-refractivity contribution >= 4 is 17.7 Å². The van der Waals surface area contributed by atoms with E-state index in [4.69, 9.17) is 0 Å². The maximum absolute atomic E-state index is 11.9. The van der Waals surface area contributed by atoms with Crippen LogP contribution in [0.4, 0.5) is 0 Å². The molecule has 0 saturated carbocycles. The summed E-state index contributed by atoms with van der Waals surface area (Å²) in [7, 11) is 0. The van der Waals surface area contributed by atoms with Gasteiger partial charge >= 0.3 is 0 Å². The van der Waals surface area contributed by atoms with Gasteiger partial charge in [-0.25, -0.2) is 0 Å². The lowest BCUT2D eigenvalue weighted by Crippen LogP contribution is -2.33. The van der Waals surface area contributed by atoms with Gasteiger partial charge in [0.15, 0.2) is 0 Å². The molecule has 2 heterocycles. The summed E-state index contributed by atoms with van der Waals surface area (Å²) in [6.45, 7) is 2.92. The van der Waals surface area contributed by atoms with Gasteiger partial charge in [-0.1, -0.05) is 0 Å². The highest BCUT2D eigenvalue weighted by Gasteiger charge is 2.26. The zero-order valence-corrected chi connectivity index (χ0v) is 8.83. The average Bonchev–Trinajstić information content (AvgIpc) is 2.65. The minimum atomic E-state index is 0.116. The molecule has 0 spiro atoms. The third-order valence-electron chi connectivity index (χ3n) is 2.32. The molecular formula is C10H12N2OS. The predicted octanol–water partition coefficient (Wildman–Crippen LogP) is 1.62. The Morgan fingerprint density at radius 1 is 1.57 bits per heavy atom. The topological polar surface area (TPSA) is 33.2 Å². The second kappa shape index (κ2) is 4.00. The number of pyridine rings is 1. The molecule has 1 aromatic heterocycles. The molecule has 2 rings (SSSR count). The minimum absolute atomic E-state index is 0.116. The maximum atomic E-state index is 11.9. The Morgan fingerprint density at radius 3 is 2.86 bits per heavy atom. The third kappa shape index (κ3) is 1.75. The largest absolute Gasteiger partial charge is 0.326 e. The first-order chi connectivity index (χ1) is 6.79. The van der Waals surface area contributed by atoms with E-state index < -0.39 is 0 Å². The van der Waals surface area contributed by atoms with Crippen molar-refractivity contribution in [2.24, 2.45) is 0 Å². The lowest BCUT2D eigenvalue weighted by molar-refractivity contribution is 0.0768. The van der Waals surface area contributed by atoms with Crippen molar-refractivity contribution in [1.29, 1.82) is 0 Å². The second-order valence-electron chi connectivity index (χ2n) is 3.20. The molecule has 1 aromatic rings. The molecule has 74 valence electrons. The number of rotatable bonds is 1. The summed E-state index contributed by atoms with van der Waals surface area (Å²) >= 11 is 1.82.